The molecule has 2 aliphatic heterocycles. The number of amides is 2. The van der Waals surface area contributed by atoms with Crippen LogP contribution in [-0.2, 0) is 9.59 Å². The monoisotopic (exact) mass is 517 g/mol. The SMILES string of the molecule is C#C.Cc1ccc2c(c1)OC(C)(C)C[C@@H]2NC(=O)C1C[C@@H]1CN1C(=O)CC(C)(C)N=C1N.c1ccncc1. The molecule has 3 aliphatic rings. The minimum Gasteiger partial charge on any atom is -0.487 e. The molecule has 2 amide bonds. The van der Waals surface area contributed by atoms with Crippen molar-refractivity contribution in [2.75, 3.05) is 6.54 Å². The van der Waals surface area contributed by atoms with Crippen LogP contribution in [0.4, 0.5) is 0 Å². The molecule has 0 saturated heterocycles. The van der Waals surface area contributed by atoms with Crippen LogP contribution in [0, 0.1) is 31.6 Å². The molecule has 2 aromatic rings. The largest absolute Gasteiger partial charge is 0.487 e. The highest BCUT2D eigenvalue weighted by Gasteiger charge is 2.47. The molecule has 1 saturated carbocycles. The molecule has 5 rings (SSSR count). The lowest BCUT2D eigenvalue weighted by Crippen LogP contribution is -2.50. The molecule has 8 nitrogen and oxygen atoms in total. The highest BCUT2D eigenvalue weighted by atomic mass is 16.5. The Morgan fingerprint density at radius 1 is 1.18 bits per heavy atom. The minimum absolute atomic E-state index is 0.0194. The van der Waals surface area contributed by atoms with Gasteiger partial charge in [-0.1, -0.05) is 18.2 Å². The molecule has 202 valence electrons. The first-order valence-corrected chi connectivity index (χ1v) is 12.9. The van der Waals surface area contributed by atoms with E-state index in [1.165, 1.54) is 0 Å². The van der Waals surface area contributed by atoms with Gasteiger partial charge in [0.25, 0.3) is 0 Å². The molecule has 0 radical (unpaired) electrons. The molecule has 1 aromatic carbocycles. The normalized spacial score (nSPS) is 24.1. The Hall–Kier alpha value is -3.86. The number of carbonyl (C=O) groups is 2. The maximum absolute atomic E-state index is 13.0. The summed E-state index contributed by atoms with van der Waals surface area (Å²) in [6.07, 6.45) is 13.3. The number of fused-ring (bicyclic) bond motifs is 1. The van der Waals surface area contributed by atoms with E-state index in [9.17, 15) is 9.59 Å². The summed E-state index contributed by atoms with van der Waals surface area (Å²) < 4.78 is 6.13. The van der Waals surface area contributed by atoms with E-state index in [2.05, 4.69) is 28.1 Å². The third-order valence-electron chi connectivity index (χ3n) is 6.76. The van der Waals surface area contributed by atoms with Gasteiger partial charge in [0.2, 0.25) is 11.8 Å². The average molecular weight is 518 g/mol. The number of pyridine rings is 1. The number of nitrogens with one attached hydrogen (secondary N) is 1. The highest BCUT2D eigenvalue weighted by molar-refractivity contribution is 5.99. The van der Waals surface area contributed by atoms with Gasteiger partial charge in [-0.05, 0) is 70.7 Å². The van der Waals surface area contributed by atoms with Crippen molar-refractivity contribution in [2.45, 2.75) is 71.1 Å². The molecule has 1 fully saturated rings. The van der Waals surface area contributed by atoms with Crippen LogP contribution in [0.5, 0.6) is 5.75 Å². The zero-order chi connectivity index (χ0) is 28.1. The molecule has 3 atom stereocenters. The van der Waals surface area contributed by atoms with Gasteiger partial charge in [0, 0.05) is 36.8 Å². The average Bonchev–Trinajstić information content (AvgIpc) is 3.62. The Bertz CT molecular complexity index is 1160. The summed E-state index contributed by atoms with van der Waals surface area (Å²) in [6, 6.07) is 11.8. The van der Waals surface area contributed by atoms with E-state index in [0.29, 0.717) is 19.4 Å². The van der Waals surface area contributed by atoms with Gasteiger partial charge < -0.3 is 15.8 Å². The number of terminal acetylenes is 1. The van der Waals surface area contributed by atoms with Crippen molar-refractivity contribution in [3.8, 4) is 18.6 Å². The summed E-state index contributed by atoms with van der Waals surface area (Å²) in [5.74, 6) is 1.14. The van der Waals surface area contributed by atoms with Crippen molar-refractivity contribution in [1.82, 2.24) is 15.2 Å². The zero-order valence-corrected chi connectivity index (χ0v) is 23.0. The number of aryl methyl sites for hydroxylation is 1. The minimum atomic E-state index is -0.459. The van der Waals surface area contributed by atoms with Crippen molar-refractivity contribution < 1.29 is 14.3 Å². The predicted molar refractivity (Wildman–Crippen MR) is 149 cm³/mol. The molecular weight excluding hydrogens is 478 g/mol. The zero-order valence-electron chi connectivity index (χ0n) is 23.0. The molecule has 38 heavy (non-hydrogen) atoms. The number of rotatable bonds is 4. The molecule has 3 N–H and O–H groups in total. The van der Waals surface area contributed by atoms with Gasteiger partial charge in [0.15, 0.2) is 5.96 Å². The molecule has 1 unspecified atom stereocenters. The van der Waals surface area contributed by atoms with Gasteiger partial charge in [-0.15, -0.1) is 12.8 Å². The molecule has 0 bridgehead atoms. The molecule has 1 aromatic heterocycles. The third kappa shape index (κ3) is 7.34. The fourth-order valence-corrected chi connectivity index (χ4v) is 4.88. The predicted octanol–water partition coefficient (Wildman–Crippen LogP) is 4.01. The lowest BCUT2D eigenvalue weighted by molar-refractivity contribution is -0.130. The molecule has 0 spiro atoms. The summed E-state index contributed by atoms with van der Waals surface area (Å²) in [5, 5.41) is 3.23. The van der Waals surface area contributed by atoms with Crippen LogP contribution in [0.15, 0.2) is 53.8 Å². The second-order valence-corrected chi connectivity index (χ2v) is 11.3. The first-order chi connectivity index (χ1) is 17.9. The van der Waals surface area contributed by atoms with E-state index < -0.39 is 5.54 Å². The van der Waals surface area contributed by atoms with E-state index in [0.717, 1.165) is 23.3 Å². The Labute approximate surface area is 226 Å². The van der Waals surface area contributed by atoms with Gasteiger partial charge in [0.1, 0.15) is 11.4 Å². The van der Waals surface area contributed by atoms with Gasteiger partial charge in [-0.3, -0.25) is 19.5 Å². The molecular formula is C30H39N5O3. The third-order valence-corrected chi connectivity index (χ3v) is 6.76. The summed E-state index contributed by atoms with van der Waals surface area (Å²) in [7, 11) is 0. The second kappa shape index (κ2) is 11.7. The second-order valence-electron chi connectivity index (χ2n) is 11.3. The van der Waals surface area contributed by atoms with Gasteiger partial charge in [-0.2, -0.15) is 0 Å². The lowest BCUT2D eigenvalue weighted by atomic mass is 9.89. The highest BCUT2D eigenvalue weighted by Crippen LogP contribution is 2.43. The fraction of sp³-hybridized carbons (Fsp3) is 0.467. The number of aromatic nitrogens is 1. The molecule has 8 heteroatoms. The summed E-state index contributed by atoms with van der Waals surface area (Å²) >= 11 is 0. The number of nitrogens with zero attached hydrogens (tertiary/aromatic N) is 3. The van der Waals surface area contributed by atoms with Gasteiger partial charge >= 0.3 is 0 Å². The van der Waals surface area contributed by atoms with Gasteiger partial charge in [0.05, 0.1) is 18.0 Å². The quantitative estimate of drug-likeness (QED) is 0.596. The fourth-order valence-electron chi connectivity index (χ4n) is 4.88. The first kappa shape index (κ1) is 28.7. The smallest absolute Gasteiger partial charge is 0.231 e. The Morgan fingerprint density at radius 3 is 2.45 bits per heavy atom. The van der Waals surface area contributed by atoms with Crippen molar-refractivity contribution >= 4 is 17.8 Å². The van der Waals surface area contributed by atoms with Crippen molar-refractivity contribution in [3.05, 3.63) is 59.9 Å². The standard InChI is InChI=1S/C23H32N4O3.C5H5N.C2H2/c1-13-6-7-15-17(10-23(4,5)30-18(15)8-13)25-20(29)16-9-14(16)12-27-19(28)11-22(2,3)26-21(27)24;1-2-4-6-5-3-1;1-2/h6-8,14,16-17H,9-12H2,1-5H3,(H2,24,26)(H,25,29);1-5H;1-2H/t14-,16?,17+;;/m1../s1. The number of aliphatic imine (C=N–C) groups is 1. The number of benzene rings is 1. The summed E-state index contributed by atoms with van der Waals surface area (Å²) in [5.41, 5.74) is 7.38. The molecule has 1 aliphatic carbocycles. The number of hydrogen-bond acceptors (Lipinski definition) is 6. The van der Waals surface area contributed by atoms with Crippen LogP contribution >= 0.6 is 0 Å². The van der Waals surface area contributed by atoms with E-state index >= 15 is 0 Å². The Kier molecular flexibility index (Phi) is 8.82. The maximum Gasteiger partial charge on any atom is 0.231 e. The van der Waals surface area contributed by atoms with Crippen molar-refractivity contribution in [2.24, 2.45) is 22.6 Å². The van der Waals surface area contributed by atoms with Crippen LogP contribution in [-0.4, -0.2) is 45.3 Å². The lowest BCUT2D eigenvalue weighted by Gasteiger charge is -2.38. The summed E-state index contributed by atoms with van der Waals surface area (Å²) in [4.78, 5) is 35.2. The summed E-state index contributed by atoms with van der Waals surface area (Å²) in [6.45, 7) is 10.4. The number of hydrogen-bond donors (Lipinski definition) is 2. The van der Waals surface area contributed by atoms with E-state index in [1.54, 1.807) is 17.3 Å². The first-order valence-electron chi connectivity index (χ1n) is 12.9. The number of nitrogens with two attached hydrogens (primary N) is 1. The van der Waals surface area contributed by atoms with Crippen LogP contribution < -0.4 is 15.8 Å². The number of carbonyl (C=O) groups excluding carboxylic acids is 2. The topological polar surface area (TPSA) is 110 Å². The number of guanidine groups is 1. The van der Waals surface area contributed by atoms with Gasteiger partial charge in [-0.25, -0.2) is 4.99 Å². The number of ether oxygens (including phenoxy) is 1. The Morgan fingerprint density at radius 2 is 1.87 bits per heavy atom. The van der Waals surface area contributed by atoms with Crippen LogP contribution in [0.3, 0.4) is 0 Å². The Balaban J connectivity index is 0.000000434. The maximum atomic E-state index is 13.0. The van der Waals surface area contributed by atoms with Crippen LogP contribution in [0.25, 0.3) is 0 Å². The van der Waals surface area contributed by atoms with E-state index in [-0.39, 0.29) is 41.3 Å². The van der Waals surface area contributed by atoms with Crippen LogP contribution in [0.2, 0.25) is 0 Å². The van der Waals surface area contributed by atoms with E-state index in [4.69, 9.17) is 10.5 Å². The molecule has 3 heterocycles. The van der Waals surface area contributed by atoms with Crippen molar-refractivity contribution in [1.29, 1.82) is 0 Å². The van der Waals surface area contributed by atoms with Crippen molar-refractivity contribution in [3.63, 3.8) is 0 Å². The van der Waals surface area contributed by atoms with E-state index in [1.807, 2.05) is 71.0 Å². The van der Waals surface area contributed by atoms with Crippen LogP contribution in [0.1, 0.15) is 64.1 Å².